The quantitative estimate of drug-likeness (QED) is 0.626. The number of aliphatic imine (C=N–C) groups is 1. The molecule has 1 saturated carbocycles. The number of aliphatic hydroxyl groups excluding tert-OH is 1. The van der Waals surface area contributed by atoms with Crippen LogP contribution in [0.1, 0.15) is 44.2 Å². The summed E-state index contributed by atoms with van der Waals surface area (Å²) in [6.07, 6.45) is 4.04. The lowest BCUT2D eigenvalue weighted by Crippen LogP contribution is -2.39. The number of aryl methyl sites for hydroxylation is 1. The van der Waals surface area contributed by atoms with Crippen LogP contribution in [-0.2, 0) is 13.0 Å². The third-order valence-corrected chi connectivity index (χ3v) is 4.64. The van der Waals surface area contributed by atoms with Crippen molar-refractivity contribution in [2.24, 2.45) is 10.9 Å². The van der Waals surface area contributed by atoms with Gasteiger partial charge in [-0.25, -0.2) is 0 Å². The lowest BCUT2D eigenvalue weighted by Gasteiger charge is -2.23. The number of nitrogens with one attached hydrogen (secondary N) is 1. The first-order chi connectivity index (χ1) is 11.1. The van der Waals surface area contributed by atoms with Gasteiger partial charge in [-0.1, -0.05) is 37.6 Å². The Morgan fingerprint density at radius 1 is 1.22 bits per heavy atom. The summed E-state index contributed by atoms with van der Waals surface area (Å²) in [5, 5.41) is 13.3. The Bertz CT molecular complexity index is 498. The molecular formula is C19H31N3O. The second-order valence-corrected chi connectivity index (χ2v) is 6.48. The molecule has 0 aromatic heterocycles. The number of hydrogen-bond acceptors (Lipinski definition) is 2. The highest BCUT2D eigenvalue weighted by Crippen LogP contribution is 2.25. The third kappa shape index (κ3) is 5.24. The smallest absolute Gasteiger partial charge is 0.193 e. The van der Waals surface area contributed by atoms with Gasteiger partial charge in [0.15, 0.2) is 5.96 Å². The fourth-order valence-electron chi connectivity index (χ4n) is 3.13. The van der Waals surface area contributed by atoms with E-state index < -0.39 is 0 Å². The fraction of sp³-hybridized carbons (Fsp3) is 0.632. The van der Waals surface area contributed by atoms with E-state index in [0.29, 0.717) is 12.5 Å². The van der Waals surface area contributed by atoms with E-state index in [4.69, 9.17) is 4.99 Å². The topological polar surface area (TPSA) is 47.9 Å². The highest BCUT2D eigenvalue weighted by atomic mass is 16.3. The van der Waals surface area contributed by atoms with Crippen molar-refractivity contribution in [1.82, 2.24) is 10.2 Å². The van der Waals surface area contributed by atoms with E-state index >= 15 is 0 Å². The van der Waals surface area contributed by atoms with E-state index in [1.165, 1.54) is 11.1 Å². The van der Waals surface area contributed by atoms with Gasteiger partial charge in [-0.15, -0.1) is 0 Å². The molecule has 0 amide bonds. The monoisotopic (exact) mass is 317 g/mol. The van der Waals surface area contributed by atoms with E-state index in [0.717, 1.165) is 44.7 Å². The zero-order valence-corrected chi connectivity index (χ0v) is 14.8. The summed E-state index contributed by atoms with van der Waals surface area (Å²) in [6.45, 7) is 6.66. The molecule has 0 spiro atoms. The van der Waals surface area contributed by atoms with Gasteiger partial charge in [-0.05, 0) is 37.3 Å². The molecule has 0 bridgehead atoms. The number of benzene rings is 1. The van der Waals surface area contributed by atoms with Gasteiger partial charge in [-0.2, -0.15) is 0 Å². The minimum absolute atomic E-state index is 0.173. The number of aliphatic hydroxyl groups is 1. The second-order valence-electron chi connectivity index (χ2n) is 6.48. The van der Waals surface area contributed by atoms with Gasteiger partial charge in [0, 0.05) is 32.6 Å². The molecule has 1 aliphatic rings. The van der Waals surface area contributed by atoms with Gasteiger partial charge >= 0.3 is 0 Å². The first-order valence-electron chi connectivity index (χ1n) is 8.89. The summed E-state index contributed by atoms with van der Waals surface area (Å²) in [5.74, 6) is 1.24. The number of nitrogens with zero attached hydrogens (tertiary/aromatic N) is 2. The highest BCUT2D eigenvalue weighted by Gasteiger charge is 2.24. The second kappa shape index (κ2) is 8.92. The van der Waals surface area contributed by atoms with Crippen LogP contribution in [0.5, 0.6) is 0 Å². The molecule has 23 heavy (non-hydrogen) atoms. The van der Waals surface area contributed by atoms with Crippen LogP contribution in [0, 0.1) is 5.92 Å². The van der Waals surface area contributed by atoms with Crippen molar-refractivity contribution >= 4 is 5.96 Å². The van der Waals surface area contributed by atoms with Crippen molar-refractivity contribution in [2.45, 2.75) is 52.2 Å². The Labute approximate surface area is 140 Å². The van der Waals surface area contributed by atoms with Crippen LogP contribution < -0.4 is 5.32 Å². The van der Waals surface area contributed by atoms with Crippen LogP contribution in [0.25, 0.3) is 0 Å². The Morgan fingerprint density at radius 3 is 2.48 bits per heavy atom. The molecule has 0 saturated heterocycles. The maximum atomic E-state index is 9.95. The molecule has 1 aromatic rings. The minimum atomic E-state index is -0.173. The van der Waals surface area contributed by atoms with E-state index in [-0.39, 0.29) is 6.10 Å². The molecule has 1 aliphatic carbocycles. The van der Waals surface area contributed by atoms with Gasteiger partial charge in [0.25, 0.3) is 0 Å². The summed E-state index contributed by atoms with van der Waals surface area (Å²) in [7, 11) is 2.07. The Kier molecular flexibility index (Phi) is 6.90. The van der Waals surface area contributed by atoms with Crippen LogP contribution in [-0.4, -0.2) is 42.2 Å². The molecule has 2 atom stereocenters. The zero-order chi connectivity index (χ0) is 16.7. The lowest BCUT2D eigenvalue weighted by atomic mass is 10.1. The highest BCUT2D eigenvalue weighted by molar-refractivity contribution is 5.79. The van der Waals surface area contributed by atoms with Gasteiger partial charge in [0.1, 0.15) is 0 Å². The first kappa shape index (κ1) is 17.8. The molecule has 128 valence electrons. The van der Waals surface area contributed by atoms with Crippen LogP contribution in [0.3, 0.4) is 0 Å². The molecule has 1 aromatic carbocycles. The van der Waals surface area contributed by atoms with Crippen LogP contribution >= 0.6 is 0 Å². The molecule has 4 heteroatoms. The van der Waals surface area contributed by atoms with Crippen molar-refractivity contribution in [1.29, 1.82) is 0 Å². The van der Waals surface area contributed by atoms with Crippen LogP contribution in [0.4, 0.5) is 0 Å². The predicted octanol–water partition coefficient (Wildman–Crippen LogP) is 2.81. The number of rotatable bonds is 6. The van der Waals surface area contributed by atoms with Crippen molar-refractivity contribution in [2.75, 3.05) is 20.1 Å². The molecule has 1 fully saturated rings. The molecule has 4 nitrogen and oxygen atoms in total. The van der Waals surface area contributed by atoms with E-state index in [1.54, 1.807) is 0 Å². The molecule has 2 unspecified atom stereocenters. The summed E-state index contributed by atoms with van der Waals surface area (Å²) in [6, 6.07) is 8.78. The average Bonchev–Trinajstić information content (AvgIpc) is 2.97. The predicted molar refractivity (Wildman–Crippen MR) is 96.6 cm³/mol. The zero-order valence-electron chi connectivity index (χ0n) is 14.8. The summed E-state index contributed by atoms with van der Waals surface area (Å²) in [5.41, 5.74) is 2.66. The van der Waals surface area contributed by atoms with Crippen molar-refractivity contribution in [3.05, 3.63) is 35.4 Å². The first-order valence-corrected chi connectivity index (χ1v) is 8.89. The molecule has 0 radical (unpaired) electrons. The van der Waals surface area contributed by atoms with Crippen LogP contribution in [0.15, 0.2) is 29.3 Å². The van der Waals surface area contributed by atoms with E-state index in [2.05, 4.69) is 55.4 Å². The molecule has 2 N–H and O–H groups in total. The third-order valence-electron chi connectivity index (χ3n) is 4.64. The molecule has 0 aliphatic heterocycles. The van der Waals surface area contributed by atoms with Crippen molar-refractivity contribution < 1.29 is 5.11 Å². The molecule has 2 rings (SSSR count). The number of guanidine groups is 1. The Morgan fingerprint density at radius 2 is 1.91 bits per heavy atom. The normalized spacial score (nSPS) is 21.5. The SMILES string of the molecule is CCNC(=NCC1CCCC1O)N(C)Cc1ccc(CC)cc1. The molecular weight excluding hydrogens is 286 g/mol. The summed E-state index contributed by atoms with van der Waals surface area (Å²) >= 11 is 0. The maximum absolute atomic E-state index is 9.95. The average molecular weight is 317 g/mol. The van der Waals surface area contributed by atoms with Gasteiger partial charge in [0.05, 0.1) is 6.10 Å². The lowest BCUT2D eigenvalue weighted by molar-refractivity contribution is 0.136. The summed E-state index contributed by atoms with van der Waals surface area (Å²) < 4.78 is 0. The van der Waals surface area contributed by atoms with Gasteiger partial charge < -0.3 is 15.3 Å². The number of hydrogen-bond donors (Lipinski definition) is 2. The standard InChI is InChI=1S/C19H31N3O/c1-4-15-9-11-16(12-10-15)14-22(3)19(20-5-2)21-13-17-7-6-8-18(17)23/h9-12,17-18,23H,4-8,13-14H2,1-3H3,(H,20,21). The fourth-order valence-corrected chi connectivity index (χ4v) is 3.13. The van der Waals surface area contributed by atoms with Crippen molar-refractivity contribution in [3.63, 3.8) is 0 Å². The molecule has 0 heterocycles. The van der Waals surface area contributed by atoms with Gasteiger partial charge in [0.2, 0.25) is 0 Å². The van der Waals surface area contributed by atoms with E-state index in [1.807, 2.05) is 0 Å². The van der Waals surface area contributed by atoms with Crippen molar-refractivity contribution in [3.8, 4) is 0 Å². The Hall–Kier alpha value is -1.55. The summed E-state index contributed by atoms with van der Waals surface area (Å²) in [4.78, 5) is 6.91. The minimum Gasteiger partial charge on any atom is -0.393 e. The van der Waals surface area contributed by atoms with E-state index in [9.17, 15) is 5.11 Å². The largest absolute Gasteiger partial charge is 0.393 e. The Balaban J connectivity index is 1.97. The maximum Gasteiger partial charge on any atom is 0.193 e. The van der Waals surface area contributed by atoms with Crippen LogP contribution in [0.2, 0.25) is 0 Å². The van der Waals surface area contributed by atoms with Gasteiger partial charge in [-0.3, -0.25) is 4.99 Å².